The van der Waals surface area contributed by atoms with Crippen LogP contribution in [0.1, 0.15) is 12.8 Å². The first-order valence-electron chi connectivity index (χ1n) is 9.28. The van der Waals surface area contributed by atoms with Crippen LogP contribution in [0.15, 0.2) is 50.8 Å². The molecule has 2 rings (SSSR count). The van der Waals surface area contributed by atoms with E-state index in [1.54, 1.807) is 24.4 Å². The van der Waals surface area contributed by atoms with E-state index in [2.05, 4.69) is 47.5 Å². The largest absolute Gasteiger partial charge is 0.492 e. The van der Waals surface area contributed by atoms with E-state index in [9.17, 15) is 9.00 Å². The summed E-state index contributed by atoms with van der Waals surface area (Å²) in [5, 5.41) is 5.81. The van der Waals surface area contributed by atoms with Crippen molar-refractivity contribution < 1.29 is 13.7 Å². The van der Waals surface area contributed by atoms with Crippen molar-refractivity contribution in [2.75, 3.05) is 37.0 Å². The molecule has 168 valence electrons. The molecule has 12 heteroatoms. The van der Waals surface area contributed by atoms with E-state index >= 15 is 0 Å². The first kappa shape index (κ1) is 24.9. The number of nitrogen functional groups attached to an aromatic ring is 1. The highest BCUT2D eigenvalue weighted by Gasteiger charge is 2.16. The molecule has 0 bridgehead atoms. The van der Waals surface area contributed by atoms with Crippen LogP contribution >= 0.6 is 27.5 Å². The molecule has 0 aliphatic heterocycles. The summed E-state index contributed by atoms with van der Waals surface area (Å²) in [7, 11) is -3.03. The molecule has 2 aromatic rings. The Bertz CT molecular complexity index is 1060. The van der Waals surface area contributed by atoms with E-state index in [1.165, 1.54) is 12.3 Å². The third-order valence-corrected chi connectivity index (χ3v) is 6.30. The molecule has 0 fully saturated rings. The van der Waals surface area contributed by atoms with Crippen molar-refractivity contribution in [3.63, 3.8) is 0 Å². The lowest BCUT2D eigenvalue weighted by Crippen LogP contribution is -2.21. The van der Waals surface area contributed by atoms with Crippen LogP contribution in [0.4, 0.5) is 16.3 Å². The summed E-state index contributed by atoms with van der Waals surface area (Å²) in [6.45, 7) is 4.75. The van der Waals surface area contributed by atoms with Crippen LogP contribution in [-0.4, -0.2) is 46.2 Å². The number of nitrogens with two attached hydrogens (primary N) is 1. The Labute approximate surface area is 195 Å². The van der Waals surface area contributed by atoms with Gasteiger partial charge in [-0.25, -0.2) is 14.0 Å². The maximum absolute atomic E-state index is 13.0. The van der Waals surface area contributed by atoms with E-state index in [0.29, 0.717) is 41.7 Å². The molecule has 9 nitrogen and oxygen atoms in total. The Balaban J connectivity index is 1.96. The van der Waals surface area contributed by atoms with Crippen LogP contribution in [0.5, 0.6) is 5.75 Å². The van der Waals surface area contributed by atoms with Gasteiger partial charge in [0, 0.05) is 37.3 Å². The number of anilines is 2. The normalized spacial score (nSPS) is 12.5. The van der Waals surface area contributed by atoms with Gasteiger partial charge >= 0.3 is 6.03 Å². The Morgan fingerprint density at radius 2 is 2.23 bits per heavy atom. The Morgan fingerprint density at radius 3 is 2.97 bits per heavy atom. The van der Waals surface area contributed by atoms with Crippen molar-refractivity contribution >= 4 is 54.8 Å². The number of nitrogens with zero attached hydrogens (tertiary/aromatic N) is 3. The number of halogens is 2. The molecule has 0 spiro atoms. The standard InChI is InChI=1S/C19H24BrClN6O3S/c1-3-8-24-19(28)27-31(2,29)16-7-6-13(22)11-15(16)30-10-5-4-9-23-17-14(20)12-25-18(21)26-17/h3,6-7,11-12H,1,4-5,8-10,22H2,2H3,(H,24,28)(H,23,25,26). The lowest BCUT2D eigenvalue weighted by atomic mass is 10.3. The smallest absolute Gasteiger partial charge is 0.349 e. The monoisotopic (exact) mass is 530 g/mol. The first-order chi connectivity index (χ1) is 14.7. The molecule has 31 heavy (non-hydrogen) atoms. The Hall–Kier alpha value is -2.37. The number of hydrogen-bond acceptors (Lipinski definition) is 7. The summed E-state index contributed by atoms with van der Waals surface area (Å²) in [6.07, 6.45) is 5.96. The fourth-order valence-electron chi connectivity index (χ4n) is 2.44. The molecule has 0 radical (unpaired) electrons. The quantitative estimate of drug-likeness (QED) is 0.182. The van der Waals surface area contributed by atoms with Gasteiger partial charge in [-0.2, -0.15) is 4.98 Å². The number of carbonyl (C=O) groups excluding carboxylic acids is 1. The molecule has 1 aromatic carbocycles. The number of urea groups is 1. The molecule has 0 saturated heterocycles. The first-order valence-corrected chi connectivity index (χ1v) is 12.4. The van der Waals surface area contributed by atoms with Gasteiger partial charge in [-0.1, -0.05) is 6.08 Å². The molecule has 1 aromatic heterocycles. The zero-order valence-corrected chi connectivity index (χ0v) is 20.1. The minimum absolute atomic E-state index is 0.162. The predicted molar refractivity (Wildman–Crippen MR) is 127 cm³/mol. The van der Waals surface area contributed by atoms with Crippen molar-refractivity contribution in [1.29, 1.82) is 0 Å². The third-order valence-electron chi connectivity index (χ3n) is 3.87. The molecule has 1 heterocycles. The second-order valence-corrected chi connectivity index (χ2v) is 9.81. The van der Waals surface area contributed by atoms with E-state index < -0.39 is 15.8 Å². The second kappa shape index (κ2) is 11.9. The fourth-order valence-corrected chi connectivity index (χ4v) is 4.19. The lowest BCUT2D eigenvalue weighted by molar-refractivity contribution is 0.250. The number of unbranched alkanes of at least 4 members (excludes halogenated alkanes) is 1. The van der Waals surface area contributed by atoms with Gasteiger partial charge in [-0.15, -0.1) is 10.9 Å². The predicted octanol–water partition coefficient (Wildman–Crippen LogP) is 4.10. The van der Waals surface area contributed by atoms with E-state index in [1.807, 2.05) is 0 Å². The number of amides is 2. The highest BCUT2D eigenvalue weighted by molar-refractivity contribution is 9.10. The summed E-state index contributed by atoms with van der Waals surface area (Å²) >= 11 is 9.15. The van der Waals surface area contributed by atoms with Gasteiger partial charge in [0.05, 0.1) is 25.7 Å². The van der Waals surface area contributed by atoms with Crippen LogP contribution in [0.3, 0.4) is 0 Å². The molecular formula is C19H24BrClN6O3S. The molecule has 1 atom stereocenters. The summed E-state index contributed by atoms with van der Waals surface area (Å²) in [5.41, 5.74) is 6.31. The fraction of sp³-hybridized carbons (Fsp3) is 0.316. The Morgan fingerprint density at radius 1 is 1.45 bits per heavy atom. The van der Waals surface area contributed by atoms with Crippen LogP contribution in [0.25, 0.3) is 0 Å². The van der Waals surface area contributed by atoms with Crippen molar-refractivity contribution in [3.05, 3.63) is 46.8 Å². The van der Waals surface area contributed by atoms with E-state index in [4.69, 9.17) is 22.1 Å². The van der Waals surface area contributed by atoms with Crippen molar-refractivity contribution in [3.8, 4) is 5.75 Å². The SMILES string of the molecule is C=CCNC(=O)N=S(C)(=O)c1ccc(N)cc1OCCCCNc1nc(Cl)ncc1Br. The van der Waals surface area contributed by atoms with E-state index in [-0.39, 0.29) is 11.8 Å². The van der Waals surface area contributed by atoms with Crippen molar-refractivity contribution in [2.24, 2.45) is 4.36 Å². The number of carbonyl (C=O) groups is 1. The van der Waals surface area contributed by atoms with E-state index in [0.717, 1.165) is 10.9 Å². The van der Waals surface area contributed by atoms with Gasteiger partial charge in [0.2, 0.25) is 5.28 Å². The van der Waals surface area contributed by atoms with Gasteiger partial charge < -0.3 is 21.1 Å². The molecule has 0 aliphatic rings. The van der Waals surface area contributed by atoms with Crippen molar-refractivity contribution in [1.82, 2.24) is 15.3 Å². The molecular weight excluding hydrogens is 508 g/mol. The third kappa shape index (κ3) is 8.00. The minimum Gasteiger partial charge on any atom is -0.492 e. The van der Waals surface area contributed by atoms with Gasteiger partial charge in [0.1, 0.15) is 11.6 Å². The number of nitrogens with one attached hydrogen (secondary N) is 2. The zero-order valence-electron chi connectivity index (χ0n) is 16.9. The molecule has 2 amide bonds. The molecule has 4 N–H and O–H groups in total. The van der Waals surface area contributed by atoms with Gasteiger partial charge in [0.15, 0.2) is 0 Å². The van der Waals surface area contributed by atoms with Gasteiger partial charge in [-0.3, -0.25) is 0 Å². The maximum atomic E-state index is 13.0. The second-order valence-electron chi connectivity index (χ2n) is 6.39. The number of hydrogen-bond donors (Lipinski definition) is 3. The molecule has 1 unspecified atom stereocenters. The summed E-state index contributed by atoms with van der Waals surface area (Å²) in [6, 6.07) is 4.05. The summed E-state index contributed by atoms with van der Waals surface area (Å²) in [4.78, 5) is 20.2. The van der Waals surface area contributed by atoms with Gasteiger partial charge in [0.25, 0.3) is 0 Å². The number of aromatic nitrogens is 2. The summed E-state index contributed by atoms with van der Waals surface area (Å²) < 4.78 is 23.3. The van der Waals surface area contributed by atoms with Crippen molar-refractivity contribution in [2.45, 2.75) is 17.7 Å². The number of rotatable bonds is 10. The highest BCUT2D eigenvalue weighted by atomic mass is 79.9. The van der Waals surface area contributed by atoms with Crippen LogP contribution < -0.4 is 21.1 Å². The van der Waals surface area contributed by atoms with Crippen LogP contribution in [-0.2, 0) is 9.73 Å². The number of benzene rings is 1. The maximum Gasteiger partial charge on any atom is 0.349 e. The molecule has 0 saturated carbocycles. The average Bonchev–Trinajstić information content (AvgIpc) is 2.71. The average molecular weight is 532 g/mol. The summed E-state index contributed by atoms with van der Waals surface area (Å²) in [5.74, 6) is 0.951. The Kier molecular flexibility index (Phi) is 9.53. The van der Waals surface area contributed by atoms with Crippen LogP contribution in [0.2, 0.25) is 5.28 Å². The van der Waals surface area contributed by atoms with Gasteiger partial charge in [-0.05, 0) is 52.5 Å². The zero-order chi connectivity index (χ0) is 22.9. The van der Waals surface area contributed by atoms with Crippen LogP contribution in [0, 0.1) is 0 Å². The topological polar surface area (TPSA) is 132 Å². The molecule has 0 aliphatic carbocycles. The number of ether oxygens (including phenoxy) is 1. The lowest BCUT2D eigenvalue weighted by Gasteiger charge is -2.14. The minimum atomic E-state index is -3.03. The highest BCUT2D eigenvalue weighted by Crippen LogP contribution is 2.28.